The number of hydrogen-bond acceptors (Lipinski definition) is 3. The van der Waals surface area contributed by atoms with Gasteiger partial charge in [0.1, 0.15) is 5.02 Å². The third kappa shape index (κ3) is 5.75. The first-order valence-electron chi connectivity index (χ1n) is 8.99. The minimum Gasteiger partial charge on any atom is -0.266 e. The van der Waals surface area contributed by atoms with Gasteiger partial charge in [-0.05, 0) is 38.3 Å². The van der Waals surface area contributed by atoms with Crippen LogP contribution in [0.5, 0.6) is 0 Å². The fourth-order valence-corrected chi connectivity index (χ4v) is 3.57. The molecule has 2 aromatic rings. The molecule has 0 aliphatic rings. The molecule has 0 fully saturated rings. The number of nitrogens with zero attached hydrogens (tertiary/aromatic N) is 2. The highest BCUT2D eigenvalue weighted by Crippen LogP contribution is 2.27. The van der Waals surface area contributed by atoms with Crippen molar-refractivity contribution in [3.63, 3.8) is 0 Å². The Kier molecular flexibility index (Phi) is 7.54. The van der Waals surface area contributed by atoms with E-state index < -0.39 is 0 Å². The smallest absolute Gasteiger partial charge is 0.266 e. The Labute approximate surface area is 165 Å². The number of aromatic nitrogens is 2. The van der Waals surface area contributed by atoms with Gasteiger partial charge in [-0.3, -0.25) is 4.79 Å². The largest absolute Gasteiger partial charge is 0.287 e. The van der Waals surface area contributed by atoms with Gasteiger partial charge in [0.2, 0.25) is 0 Å². The second-order valence-electron chi connectivity index (χ2n) is 7.29. The molecular formula is C21H27ClN2OS. The lowest BCUT2D eigenvalue weighted by Crippen LogP contribution is -2.36. The second-order valence-corrected chi connectivity index (χ2v) is 8.68. The predicted molar refractivity (Wildman–Crippen MR) is 113 cm³/mol. The Hall–Kier alpha value is -1.52. The van der Waals surface area contributed by atoms with Crippen molar-refractivity contribution in [1.82, 2.24) is 9.78 Å². The summed E-state index contributed by atoms with van der Waals surface area (Å²) in [6.45, 7) is 8.00. The molecule has 26 heavy (non-hydrogen) atoms. The molecule has 3 nitrogen and oxygen atoms in total. The fraction of sp³-hybridized carbons (Fsp3) is 0.429. The quantitative estimate of drug-likeness (QED) is 0.420. The third-order valence-electron chi connectivity index (χ3n) is 3.93. The highest BCUT2D eigenvalue weighted by atomic mass is 35.5. The third-order valence-corrected chi connectivity index (χ3v) is 5.51. The zero-order valence-electron chi connectivity index (χ0n) is 16.0. The van der Waals surface area contributed by atoms with Gasteiger partial charge in [-0.25, -0.2) is 4.68 Å². The summed E-state index contributed by atoms with van der Waals surface area (Å²) in [6.07, 6.45) is 9.65. The van der Waals surface area contributed by atoms with E-state index >= 15 is 0 Å². The van der Waals surface area contributed by atoms with Crippen LogP contribution in [-0.2, 0) is 11.3 Å². The molecule has 0 aliphatic carbocycles. The molecule has 0 amide bonds. The molecule has 0 saturated carbocycles. The number of thioether (sulfide) groups is 1. The van der Waals surface area contributed by atoms with Gasteiger partial charge in [0.25, 0.3) is 5.56 Å². The SMILES string of the molecule is CCCCC=Cc1ccc(CSc2cnn(C(C)(C)C)c(=O)c2Cl)cc1. The summed E-state index contributed by atoms with van der Waals surface area (Å²) in [7, 11) is 0. The summed E-state index contributed by atoms with van der Waals surface area (Å²) in [5.74, 6) is 0.750. The van der Waals surface area contributed by atoms with Crippen LogP contribution < -0.4 is 5.56 Å². The van der Waals surface area contributed by atoms with Gasteiger partial charge in [0.05, 0.1) is 16.6 Å². The van der Waals surface area contributed by atoms with Crippen LogP contribution in [0.2, 0.25) is 5.02 Å². The van der Waals surface area contributed by atoms with Crippen LogP contribution in [0.15, 0.2) is 46.2 Å². The summed E-state index contributed by atoms with van der Waals surface area (Å²) < 4.78 is 1.43. The summed E-state index contributed by atoms with van der Waals surface area (Å²) in [5.41, 5.74) is 1.78. The normalized spacial score (nSPS) is 12.0. The average Bonchev–Trinajstić information content (AvgIpc) is 2.60. The Morgan fingerprint density at radius 1 is 1.23 bits per heavy atom. The van der Waals surface area contributed by atoms with E-state index in [0.717, 1.165) is 17.1 Å². The van der Waals surface area contributed by atoms with Crippen molar-refractivity contribution in [3.8, 4) is 0 Å². The van der Waals surface area contributed by atoms with Crippen molar-refractivity contribution >= 4 is 29.4 Å². The lowest BCUT2D eigenvalue weighted by Gasteiger charge is -2.21. The van der Waals surface area contributed by atoms with Crippen LogP contribution in [0.4, 0.5) is 0 Å². The first-order valence-corrected chi connectivity index (χ1v) is 10.4. The van der Waals surface area contributed by atoms with E-state index in [1.54, 1.807) is 6.20 Å². The van der Waals surface area contributed by atoms with Crippen molar-refractivity contribution in [1.29, 1.82) is 0 Å². The number of halogens is 1. The van der Waals surface area contributed by atoms with E-state index in [1.807, 2.05) is 20.8 Å². The minimum absolute atomic E-state index is 0.239. The average molecular weight is 391 g/mol. The van der Waals surface area contributed by atoms with Gasteiger partial charge < -0.3 is 0 Å². The molecule has 2 rings (SSSR count). The van der Waals surface area contributed by atoms with Crippen LogP contribution in [-0.4, -0.2) is 9.78 Å². The molecule has 0 saturated heterocycles. The Morgan fingerprint density at radius 3 is 2.54 bits per heavy atom. The summed E-state index contributed by atoms with van der Waals surface area (Å²) >= 11 is 7.81. The van der Waals surface area contributed by atoms with E-state index in [0.29, 0.717) is 0 Å². The molecule has 0 spiro atoms. The molecule has 1 aromatic carbocycles. The van der Waals surface area contributed by atoms with Gasteiger partial charge in [0, 0.05) is 5.75 Å². The molecule has 1 aromatic heterocycles. The van der Waals surface area contributed by atoms with Crippen molar-refractivity contribution < 1.29 is 0 Å². The van der Waals surface area contributed by atoms with Crippen molar-refractivity contribution in [2.24, 2.45) is 0 Å². The maximum atomic E-state index is 12.4. The zero-order valence-corrected chi connectivity index (χ0v) is 17.5. The Morgan fingerprint density at radius 2 is 1.92 bits per heavy atom. The molecule has 0 N–H and O–H groups in total. The molecule has 5 heteroatoms. The maximum Gasteiger partial charge on any atom is 0.287 e. The number of benzene rings is 1. The number of allylic oxidation sites excluding steroid dienone is 1. The molecule has 0 radical (unpaired) electrons. The Balaban J connectivity index is 2.02. The van der Waals surface area contributed by atoms with Crippen LogP contribution in [0.3, 0.4) is 0 Å². The van der Waals surface area contributed by atoms with Gasteiger partial charge >= 0.3 is 0 Å². The van der Waals surface area contributed by atoms with E-state index in [-0.39, 0.29) is 16.1 Å². The molecule has 0 bridgehead atoms. The highest BCUT2D eigenvalue weighted by molar-refractivity contribution is 7.98. The van der Waals surface area contributed by atoms with Crippen LogP contribution in [0.1, 0.15) is 58.1 Å². The summed E-state index contributed by atoms with van der Waals surface area (Å²) in [6, 6.07) is 8.47. The molecule has 0 unspecified atom stereocenters. The van der Waals surface area contributed by atoms with E-state index in [9.17, 15) is 4.79 Å². The second kappa shape index (κ2) is 9.43. The standard InChI is InChI=1S/C21H27ClN2OS/c1-5-6-7-8-9-16-10-12-17(13-11-16)15-26-18-14-23-24(21(2,3)4)20(25)19(18)22/h8-14H,5-7,15H2,1-4H3. The van der Waals surface area contributed by atoms with Gasteiger partial charge in [-0.1, -0.05) is 67.8 Å². The lowest BCUT2D eigenvalue weighted by atomic mass is 10.1. The number of unbranched alkanes of at least 4 members (excludes halogenated alkanes) is 2. The van der Waals surface area contributed by atoms with Gasteiger partial charge in [-0.2, -0.15) is 5.10 Å². The van der Waals surface area contributed by atoms with Crippen molar-refractivity contribution in [2.75, 3.05) is 0 Å². The maximum absolute atomic E-state index is 12.4. The van der Waals surface area contributed by atoms with Crippen molar-refractivity contribution in [2.45, 2.75) is 63.1 Å². The van der Waals surface area contributed by atoms with E-state index in [2.05, 4.69) is 48.4 Å². The molecule has 0 atom stereocenters. The molecule has 140 valence electrons. The van der Waals surface area contributed by atoms with Crippen molar-refractivity contribution in [3.05, 3.63) is 63.0 Å². The van der Waals surface area contributed by atoms with E-state index in [1.165, 1.54) is 40.4 Å². The lowest BCUT2D eigenvalue weighted by molar-refractivity contribution is 0.336. The number of rotatable bonds is 7. The van der Waals surface area contributed by atoms with E-state index in [4.69, 9.17) is 11.6 Å². The molecular weight excluding hydrogens is 364 g/mol. The molecule has 0 aliphatic heterocycles. The Bertz CT molecular complexity index is 804. The van der Waals surface area contributed by atoms with Gasteiger partial charge in [-0.15, -0.1) is 11.8 Å². The van der Waals surface area contributed by atoms with Crippen LogP contribution in [0, 0.1) is 0 Å². The zero-order chi connectivity index (χ0) is 19.2. The number of hydrogen-bond donors (Lipinski definition) is 0. The van der Waals surface area contributed by atoms with Crippen LogP contribution >= 0.6 is 23.4 Å². The minimum atomic E-state index is -0.385. The monoisotopic (exact) mass is 390 g/mol. The van der Waals surface area contributed by atoms with Crippen LogP contribution in [0.25, 0.3) is 6.08 Å². The van der Waals surface area contributed by atoms with Gasteiger partial charge in [0.15, 0.2) is 0 Å². The topological polar surface area (TPSA) is 34.9 Å². The first-order chi connectivity index (χ1) is 12.3. The predicted octanol–water partition coefficient (Wildman–Crippen LogP) is 6.15. The summed E-state index contributed by atoms with van der Waals surface area (Å²) in [4.78, 5) is 13.1. The fourth-order valence-electron chi connectivity index (χ4n) is 2.42. The molecule has 1 heterocycles. The first kappa shape index (κ1) is 20.8. The highest BCUT2D eigenvalue weighted by Gasteiger charge is 2.19. The summed E-state index contributed by atoms with van der Waals surface area (Å²) in [5, 5.41) is 4.52.